The topological polar surface area (TPSA) is 37.4 Å². The standard InChI is InChI=1S/C13H7F2NO2S/c14-7-4-9-11(10(15)5-7)16(13(18)12(9)17)6-8-2-1-3-19-8/h1-5H,6H2. The fraction of sp³-hybridized carbons (Fsp3) is 0.0769. The number of anilines is 1. The summed E-state index contributed by atoms with van der Waals surface area (Å²) in [6.45, 7) is 0.109. The third-order valence-corrected chi connectivity index (χ3v) is 3.74. The Morgan fingerprint density at radius 2 is 2.00 bits per heavy atom. The van der Waals surface area contributed by atoms with Crippen LogP contribution in [0.3, 0.4) is 0 Å². The molecule has 0 spiro atoms. The summed E-state index contributed by atoms with van der Waals surface area (Å²) in [4.78, 5) is 25.4. The Balaban J connectivity index is 2.09. The summed E-state index contributed by atoms with van der Waals surface area (Å²) < 4.78 is 26.9. The lowest BCUT2D eigenvalue weighted by molar-refractivity contribution is -0.114. The molecule has 0 radical (unpaired) electrons. The number of benzene rings is 1. The minimum atomic E-state index is -0.897. The molecule has 2 aromatic rings. The van der Waals surface area contributed by atoms with Gasteiger partial charge in [0, 0.05) is 10.9 Å². The molecular weight excluding hydrogens is 272 g/mol. The van der Waals surface area contributed by atoms with Crippen molar-refractivity contribution in [2.75, 3.05) is 4.90 Å². The zero-order valence-electron chi connectivity index (χ0n) is 9.52. The lowest BCUT2D eigenvalue weighted by Gasteiger charge is -2.15. The lowest BCUT2D eigenvalue weighted by Crippen LogP contribution is -2.29. The number of nitrogens with zero attached hydrogens (tertiary/aromatic N) is 1. The van der Waals surface area contributed by atoms with E-state index in [1.807, 2.05) is 5.38 Å². The Hall–Kier alpha value is -2.08. The quantitative estimate of drug-likeness (QED) is 0.793. The number of amides is 1. The molecule has 1 aliphatic heterocycles. The van der Waals surface area contributed by atoms with E-state index in [1.165, 1.54) is 11.3 Å². The number of hydrogen-bond donors (Lipinski definition) is 0. The minimum Gasteiger partial charge on any atom is -0.297 e. The van der Waals surface area contributed by atoms with Gasteiger partial charge in [0.05, 0.1) is 17.8 Å². The van der Waals surface area contributed by atoms with Gasteiger partial charge in [0.2, 0.25) is 0 Å². The monoisotopic (exact) mass is 279 g/mol. The van der Waals surface area contributed by atoms with Crippen molar-refractivity contribution in [1.82, 2.24) is 0 Å². The van der Waals surface area contributed by atoms with Gasteiger partial charge in [-0.15, -0.1) is 11.3 Å². The SMILES string of the molecule is O=C1C(=O)N(Cc2cccs2)c2c(F)cc(F)cc21. The summed E-state index contributed by atoms with van der Waals surface area (Å²) in [5.41, 5.74) is -0.344. The van der Waals surface area contributed by atoms with Crippen molar-refractivity contribution < 1.29 is 18.4 Å². The summed E-state index contributed by atoms with van der Waals surface area (Å²) >= 11 is 1.39. The van der Waals surface area contributed by atoms with Crippen LogP contribution in [-0.2, 0) is 11.3 Å². The molecule has 1 aliphatic rings. The summed E-state index contributed by atoms with van der Waals surface area (Å²) in [6.07, 6.45) is 0. The van der Waals surface area contributed by atoms with Gasteiger partial charge in [-0.3, -0.25) is 14.5 Å². The van der Waals surface area contributed by atoms with Crippen LogP contribution in [0, 0.1) is 11.6 Å². The molecule has 1 aromatic carbocycles. The number of carbonyl (C=O) groups is 2. The Kier molecular flexibility index (Phi) is 2.67. The number of thiophene rings is 1. The first-order valence-electron chi connectivity index (χ1n) is 5.45. The molecule has 0 saturated heterocycles. The highest BCUT2D eigenvalue weighted by Crippen LogP contribution is 2.34. The average molecular weight is 279 g/mol. The molecule has 3 nitrogen and oxygen atoms in total. The van der Waals surface area contributed by atoms with E-state index < -0.39 is 23.3 Å². The molecule has 0 aliphatic carbocycles. The molecule has 0 saturated carbocycles. The molecule has 96 valence electrons. The summed E-state index contributed by atoms with van der Waals surface area (Å²) in [5.74, 6) is -3.46. The van der Waals surface area contributed by atoms with Gasteiger partial charge in [-0.25, -0.2) is 8.78 Å². The van der Waals surface area contributed by atoms with E-state index in [4.69, 9.17) is 0 Å². The Bertz CT molecular complexity index is 682. The minimum absolute atomic E-state index is 0.109. The van der Waals surface area contributed by atoms with Crippen molar-refractivity contribution in [1.29, 1.82) is 0 Å². The van der Waals surface area contributed by atoms with Gasteiger partial charge in [0.25, 0.3) is 11.7 Å². The molecule has 0 fully saturated rings. The van der Waals surface area contributed by atoms with Gasteiger partial charge < -0.3 is 0 Å². The van der Waals surface area contributed by atoms with Crippen molar-refractivity contribution >= 4 is 28.7 Å². The van der Waals surface area contributed by atoms with Crippen LogP contribution in [0.25, 0.3) is 0 Å². The number of Topliss-reactive ketones (excluding diaryl/α,β-unsaturated/α-hetero) is 1. The van der Waals surface area contributed by atoms with Gasteiger partial charge >= 0.3 is 0 Å². The van der Waals surface area contributed by atoms with Crippen molar-refractivity contribution in [3.05, 3.63) is 51.7 Å². The third-order valence-electron chi connectivity index (χ3n) is 2.88. The second-order valence-electron chi connectivity index (χ2n) is 4.08. The maximum absolute atomic E-state index is 13.8. The maximum atomic E-state index is 13.8. The smallest absolute Gasteiger partial charge is 0.297 e. The summed E-state index contributed by atoms with van der Waals surface area (Å²) in [5, 5.41) is 1.82. The number of ketones is 1. The fourth-order valence-electron chi connectivity index (χ4n) is 2.06. The highest BCUT2D eigenvalue weighted by Gasteiger charge is 2.38. The number of hydrogen-bond acceptors (Lipinski definition) is 3. The molecule has 3 rings (SSSR count). The van der Waals surface area contributed by atoms with E-state index in [2.05, 4.69) is 0 Å². The van der Waals surface area contributed by atoms with Crippen LogP contribution in [0.5, 0.6) is 0 Å². The first-order chi connectivity index (χ1) is 9.08. The third kappa shape index (κ3) is 1.84. The molecule has 1 aromatic heterocycles. The zero-order chi connectivity index (χ0) is 13.6. The lowest BCUT2D eigenvalue weighted by atomic mass is 10.1. The molecule has 19 heavy (non-hydrogen) atoms. The molecule has 0 atom stereocenters. The largest absolute Gasteiger partial charge is 0.299 e. The zero-order valence-corrected chi connectivity index (χ0v) is 10.3. The molecule has 6 heteroatoms. The van der Waals surface area contributed by atoms with Crippen LogP contribution >= 0.6 is 11.3 Å². The number of halogens is 2. The van der Waals surface area contributed by atoms with Gasteiger partial charge in [0.15, 0.2) is 5.82 Å². The van der Waals surface area contributed by atoms with Crippen LogP contribution in [0.15, 0.2) is 29.6 Å². The Labute approximate surface area is 111 Å². The molecule has 0 bridgehead atoms. The fourth-order valence-corrected chi connectivity index (χ4v) is 2.75. The van der Waals surface area contributed by atoms with Crippen LogP contribution in [0.4, 0.5) is 14.5 Å². The second kappa shape index (κ2) is 4.24. The van der Waals surface area contributed by atoms with Gasteiger partial charge in [0.1, 0.15) is 5.82 Å². The number of fused-ring (bicyclic) bond motifs is 1. The summed E-state index contributed by atoms with van der Waals surface area (Å²) in [6, 6.07) is 5.14. The van der Waals surface area contributed by atoms with Gasteiger partial charge in [-0.2, -0.15) is 0 Å². The van der Waals surface area contributed by atoms with Crippen molar-refractivity contribution in [3.8, 4) is 0 Å². The van der Waals surface area contributed by atoms with Crippen LogP contribution in [-0.4, -0.2) is 11.7 Å². The first kappa shape index (κ1) is 12.0. The molecule has 0 unspecified atom stereocenters. The van der Waals surface area contributed by atoms with E-state index in [0.29, 0.717) is 6.07 Å². The molecule has 2 heterocycles. The van der Waals surface area contributed by atoms with E-state index >= 15 is 0 Å². The van der Waals surface area contributed by atoms with E-state index in [1.54, 1.807) is 12.1 Å². The Morgan fingerprint density at radius 1 is 1.21 bits per heavy atom. The first-order valence-corrected chi connectivity index (χ1v) is 6.33. The van der Waals surface area contributed by atoms with E-state index in [0.717, 1.165) is 15.8 Å². The van der Waals surface area contributed by atoms with Crippen molar-refractivity contribution in [2.45, 2.75) is 6.54 Å². The number of carbonyl (C=O) groups excluding carboxylic acids is 2. The van der Waals surface area contributed by atoms with Crippen molar-refractivity contribution in [3.63, 3.8) is 0 Å². The van der Waals surface area contributed by atoms with Crippen molar-refractivity contribution in [2.24, 2.45) is 0 Å². The van der Waals surface area contributed by atoms with E-state index in [9.17, 15) is 18.4 Å². The normalized spacial score (nSPS) is 14.1. The predicted molar refractivity (Wildman–Crippen MR) is 66.2 cm³/mol. The van der Waals surface area contributed by atoms with E-state index in [-0.39, 0.29) is 17.8 Å². The highest BCUT2D eigenvalue weighted by molar-refractivity contribution is 7.09. The van der Waals surface area contributed by atoms with Gasteiger partial charge in [-0.05, 0) is 17.5 Å². The molecular formula is C13H7F2NO2S. The van der Waals surface area contributed by atoms with Crippen LogP contribution in [0.2, 0.25) is 0 Å². The average Bonchev–Trinajstić information content (AvgIpc) is 2.93. The predicted octanol–water partition coefficient (Wildman–Crippen LogP) is 2.76. The number of rotatable bonds is 2. The molecule has 1 amide bonds. The molecule has 0 N–H and O–H groups in total. The van der Waals surface area contributed by atoms with Crippen LogP contribution < -0.4 is 4.90 Å². The second-order valence-corrected chi connectivity index (χ2v) is 5.12. The highest BCUT2D eigenvalue weighted by atomic mass is 32.1. The van der Waals surface area contributed by atoms with Crippen LogP contribution in [0.1, 0.15) is 15.2 Å². The van der Waals surface area contributed by atoms with Gasteiger partial charge in [-0.1, -0.05) is 6.07 Å². The Morgan fingerprint density at radius 3 is 2.68 bits per heavy atom. The maximum Gasteiger partial charge on any atom is 0.299 e. The summed E-state index contributed by atoms with van der Waals surface area (Å²) in [7, 11) is 0.